The quantitative estimate of drug-likeness (QED) is 0.798. The van der Waals surface area contributed by atoms with Crippen LogP contribution in [0.1, 0.15) is 54.3 Å². The average Bonchev–Trinajstić information content (AvgIpc) is 3.08. The highest BCUT2D eigenvalue weighted by molar-refractivity contribution is 7.86. The Morgan fingerprint density at radius 1 is 1.00 bits per heavy atom. The lowest BCUT2D eigenvalue weighted by Gasteiger charge is -2.37. The molecule has 2 atom stereocenters. The van der Waals surface area contributed by atoms with Crippen LogP contribution in [0.5, 0.6) is 0 Å². The van der Waals surface area contributed by atoms with Gasteiger partial charge in [-0.1, -0.05) is 30.7 Å². The van der Waals surface area contributed by atoms with Crippen molar-refractivity contribution in [1.82, 2.24) is 0 Å². The zero-order valence-electron chi connectivity index (χ0n) is 13.1. The summed E-state index contributed by atoms with van der Waals surface area (Å²) in [5.41, 5.74) is 1.71. The van der Waals surface area contributed by atoms with E-state index in [0.717, 1.165) is 43.2 Å². The van der Waals surface area contributed by atoms with Crippen LogP contribution in [0.25, 0.3) is 0 Å². The fraction of sp³-hybridized carbons (Fsp3) is 0.611. The zero-order chi connectivity index (χ0) is 15.8. The van der Waals surface area contributed by atoms with Gasteiger partial charge in [0, 0.05) is 38.3 Å². The molecule has 3 fully saturated rings. The Hall–Kier alpha value is -1.04. The van der Waals surface area contributed by atoms with Gasteiger partial charge >= 0.3 is 0 Å². The molecular formula is C18H22O4S. The van der Waals surface area contributed by atoms with E-state index in [-0.39, 0.29) is 28.5 Å². The van der Waals surface area contributed by atoms with Crippen molar-refractivity contribution in [3.63, 3.8) is 0 Å². The average molecular weight is 334 g/mol. The topological polar surface area (TPSA) is 52.6 Å². The molecule has 2 unspecified atom stereocenters. The van der Waals surface area contributed by atoms with E-state index in [9.17, 15) is 9.00 Å². The Kier molecular flexibility index (Phi) is 4.35. The zero-order valence-corrected chi connectivity index (χ0v) is 13.9. The molecule has 3 aliphatic rings. The second kappa shape index (κ2) is 6.46. The molecule has 0 aromatic heterocycles. The number of ketones is 1. The Balaban J connectivity index is 1.47. The van der Waals surface area contributed by atoms with Crippen molar-refractivity contribution in [3.8, 4) is 0 Å². The van der Waals surface area contributed by atoms with Gasteiger partial charge in [-0.05, 0) is 25.7 Å². The highest BCUT2D eigenvalue weighted by Crippen LogP contribution is 2.38. The van der Waals surface area contributed by atoms with Gasteiger partial charge in [0.1, 0.15) is 0 Å². The molecule has 1 aromatic carbocycles. The van der Waals surface area contributed by atoms with E-state index in [1.165, 1.54) is 0 Å². The second-order valence-electron chi connectivity index (χ2n) is 6.73. The summed E-state index contributed by atoms with van der Waals surface area (Å²) < 4.78 is 23.2. The Morgan fingerprint density at radius 2 is 1.61 bits per heavy atom. The van der Waals surface area contributed by atoms with Crippen LogP contribution >= 0.6 is 0 Å². The van der Waals surface area contributed by atoms with Crippen molar-refractivity contribution in [1.29, 1.82) is 0 Å². The molecule has 0 spiro atoms. The highest BCUT2D eigenvalue weighted by atomic mass is 32.2. The fourth-order valence-electron chi connectivity index (χ4n) is 4.04. The molecule has 3 saturated heterocycles. The Bertz CT molecular complexity index is 590. The monoisotopic (exact) mass is 334 g/mol. The molecule has 4 nitrogen and oxygen atoms in total. The first-order valence-corrected chi connectivity index (χ1v) is 9.77. The molecule has 3 heterocycles. The van der Waals surface area contributed by atoms with Gasteiger partial charge in [0.15, 0.2) is 12.1 Å². The number of hydrogen-bond donors (Lipinski definition) is 0. The van der Waals surface area contributed by atoms with Gasteiger partial charge in [-0.15, -0.1) is 0 Å². The molecule has 124 valence electrons. The van der Waals surface area contributed by atoms with Crippen LogP contribution in [0, 0.1) is 5.92 Å². The SMILES string of the molecule is O=C(c1ccc(C2OCCO2)cc1)C1CC2CCCC(C1)S2=O. The minimum Gasteiger partial charge on any atom is -0.346 e. The molecule has 2 bridgehead atoms. The van der Waals surface area contributed by atoms with Gasteiger partial charge in [-0.2, -0.15) is 0 Å². The number of hydrogen-bond acceptors (Lipinski definition) is 4. The van der Waals surface area contributed by atoms with Gasteiger partial charge in [0.2, 0.25) is 0 Å². The fourth-order valence-corrected chi connectivity index (χ4v) is 6.23. The molecule has 0 aliphatic carbocycles. The molecule has 3 aliphatic heterocycles. The number of fused-ring (bicyclic) bond motifs is 2. The normalized spacial score (nSPS) is 34.4. The van der Waals surface area contributed by atoms with Crippen LogP contribution < -0.4 is 0 Å². The maximum absolute atomic E-state index is 12.8. The Morgan fingerprint density at radius 3 is 2.22 bits per heavy atom. The van der Waals surface area contributed by atoms with E-state index in [4.69, 9.17) is 9.47 Å². The van der Waals surface area contributed by atoms with E-state index < -0.39 is 10.8 Å². The second-order valence-corrected chi connectivity index (χ2v) is 8.72. The third-order valence-electron chi connectivity index (χ3n) is 5.26. The van der Waals surface area contributed by atoms with Crippen LogP contribution in [-0.2, 0) is 20.3 Å². The van der Waals surface area contributed by atoms with Crippen molar-refractivity contribution in [2.24, 2.45) is 5.92 Å². The van der Waals surface area contributed by atoms with Crippen LogP contribution in [0.3, 0.4) is 0 Å². The van der Waals surface area contributed by atoms with Crippen molar-refractivity contribution >= 4 is 16.6 Å². The van der Waals surface area contributed by atoms with E-state index in [2.05, 4.69) is 0 Å². The minimum absolute atomic E-state index is 0.0350. The maximum atomic E-state index is 12.8. The first-order chi connectivity index (χ1) is 11.2. The molecule has 0 radical (unpaired) electrons. The number of carbonyl (C=O) groups excluding carboxylic acids is 1. The summed E-state index contributed by atoms with van der Waals surface area (Å²) in [4.78, 5) is 12.8. The van der Waals surface area contributed by atoms with Crippen LogP contribution in [-0.4, -0.2) is 33.7 Å². The summed E-state index contributed by atoms with van der Waals surface area (Å²) in [6.07, 6.45) is 4.48. The summed E-state index contributed by atoms with van der Waals surface area (Å²) >= 11 is 0. The number of ether oxygens (including phenoxy) is 2. The molecule has 0 amide bonds. The van der Waals surface area contributed by atoms with Crippen LogP contribution in [0.15, 0.2) is 24.3 Å². The highest BCUT2D eigenvalue weighted by Gasteiger charge is 2.40. The van der Waals surface area contributed by atoms with E-state index in [1.807, 2.05) is 24.3 Å². The molecule has 23 heavy (non-hydrogen) atoms. The molecule has 4 rings (SSSR count). The number of carbonyl (C=O) groups is 1. The van der Waals surface area contributed by atoms with Gasteiger partial charge in [0.05, 0.1) is 13.2 Å². The van der Waals surface area contributed by atoms with E-state index in [0.29, 0.717) is 13.2 Å². The summed E-state index contributed by atoms with van der Waals surface area (Å²) in [5.74, 6) is 0.242. The molecule has 5 heteroatoms. The lowest BCUT2D eigenvalue weighted by molar-refractivity contribution is -0.0441. The largest absolute Gasteiger partial charge is 0.346 e. The van der Waals surface area contributed by atoms with Crippen LogP contribution in [0.4, 0.5) is 0 Å². The predicted molar refractivity (Wildman–Crippen MR) is 87.7 cm³/mol. The third-order valence-corrected chi connectivity index (χ3v) is 7.43. The predicted octanol–water partition coefficient (Wildman–Crippen LogP) is 2.99. The molecular weight excluding hydrogens is 312 g/mol. The standard InChI is InChI=1S/C18H22O4S/c19-17(14-10-15-2-1-3-16(11-14)23(15)20)12-4-6-13(7-5-12)18-21-8-9-22-18/h4-7,14-16,18H,1-3,8-11H2. The van der Waals surface area contributed by atoms with Gasteiger partial charge in [-0.25, -0.2) is 0 Å². The number of benzene rings is 1. The van der Waals surface area contributed by atoms with Crippen molar-refractivity contribution < 1.29 is 18.5 Å². The Labute approximate surface area is 139 Å². The lowest BCUT2D eigenvalue weighted by Crippen LogP contribution is -2.41. The summed E-state index contributed by atoms with van der Waals surface area (Å²) in [6.45, 7) is 1.24. The molecule has 0 saturated carbocycles. The minimum atomic E-state index is -0.720. The van der Waals surface area contributed by atoms with Crippen LogP contribution in [0.2, 0.25) is 0 Å². The van der Waals surface area contributed by atoms with Crippen molar-refractivity contribution in [2.75, 3.05) is 13.2 Å². The van der Waals surface area contributed by atoms with Gasteiger partial charge < -0.3 is 9.47 Å². The third kappa shape index (κ3) is 3.02. The van der Waals surface area contributed by atoms with Gasteiger partial charge in [0.25, 0.3) is 0 Å². The van der Waals surface area contributed by atoms with Gasteiger partial charge in [-0.3, -0.25) is 9.00 Å². The molecule has 1 aromatic rings. The van der Waals surface area contributed by atoms with E-state index in [1.54, 1.807) is 0 Å². The first-order valence-electron chi connectivity index (χ1n) is 8.49. The number of rotatable bonds is 3. The first kappa shape index (κ1) is 15.5. The summed E-state index contributed by atoms with van der Waals surface area (Å²) in [5, 5.41) is 0.465. The smallest absolute Gasteiger partial charge is 0.184 e. The maximum Gasteiger partial charge on any atom is 0.184 e. The summed E-state index contributed by atoms with van der Waals surface area (Å²) in [6, 6.07) is 7.60. The van der Waals surface area contributed by atoms with Crippen molar-refractivity contribution in [2.45, 2.75) is 48.9 Å². The lowest BCUT2D eigenvalue weighted by atomic mass is 9.84. The summed E-state index contributed by atoms with van der Waals surface area (Å²) in [7, 11) is -0.720. The van der Waals surface area contributed by atoms with E-state index >= 15 is 0 Å². The van der Waals surface area contributed by atoms with Crippen molar-refractivity contribution in [3.05, 3.63) is 35.4 Å². The number of Topliss-reactive ketones (excluding diaryl/α,β-unsaturated/α-hetero) is 1. The molecule has 0 N–H and O–H groups in total.